The van der Waals surface area contributed by atoms with E-state index in [9.17, 15) is 5.11 Å². The normalized spacial score (nSPS) is 26.4. The monoisotopic (exact) mass is 182 g/mol. The third kappa shape index (κ3) is 2.34. The molecule has 2 atom stereocenters. The summed E-state index contributed by atoms with van der Waals surface area (Å²) in [4.78, 5) is 0. The molecule has 1 N–H and O–H groups in total. The maximum Gasteiger partial charge on any atom is 0.0707 e. The minimum atomic E-state index is -0.540. The zero-order valence-corrected chi connectivity index (χ0v) is 8.92. The van der Waals surface area contributed by atoms with Gasteiger partial charge in [-0.3, -0.25) is 0 Å². The largest absolute Gasteiger partial charge is 0.389 e. The molecule has 1 nitrogen and oxygen atoms in total. The average Bonchev–Trinajstić information content (AvgIpc) is 2.18. The minimum absolute atomic E-state index is 0.204. The predicted molar refractivity (Wildman–Crippen MR) is 56.6 cm³/mol. The maximum absolute atomic E-state index is 10.3. The molecule has 0 aromatic heterocycles. The Balaban J connectivity index is 2.60. The molecule has 0 unspecified atom stereocenters. The topological polar surface area (TPSA) is 20.2 Å². The summed E-state index contributed by atoms with van der Waals surface area (Å²) in [5.74, 6) is 0.685. The van der Waals surface area contributed by atoms with Crippen LogP contribution in [-0.4, -0.2) is 10.7 Å². The summed E-state index contributed by atoms with van der Waals surface area (Å²) >= 11 is 0. The van der Waals surface area contributed by atoms with Crippen LogP contribution in [0.2, 0.25) is 0 Å². The molecule has 76 valence electrons. The lowest BCUT2D eigenvalue weighted by Gasteiger charge is -2.38. The number of hydrogen-bond acceptors (Lipinski definition) is 1. The highest BCUT2D eigenvalue weighted by molar-refractivity contribution is 4.95. The molecular formula is C12H22O. The lowest BCUT2D eigenvalue weighted by Crippen LogP contribution is -2.41. The first-order chi connectivity index (χ1) is 6.09. The molecule has 0 spiro atoms. The third-order valence-electron chi connectivity index (χ3n) is 3.71. The zero-order valence-electron chi connectivity index (χ0n) is 8.92. The standard InChI is InChI=1S/C12H22O/c1-4-10(2)12(3,13)11-8-6-5-7-9-11/h4,10-11,13H,1,5-9H2,2-3H3/t10-,12-/m1/s1. The Morgan fingerprint density at radius 2 is 1.92 bits per heavy atom. The van der Waals surface area contributed by atoms with Crippen LogP contribution in [0.5, 0.6) is 0 Å². The predicted octanol–water partition coefficient (Wildman–Crippen LogP) is 3.14. The van der Waals surface area contributed by atoms with E-state index in [1.54, 1.807) is 0 Å². The molecule has 1 heteroatoms. The van der Waals surface area contributed by atoms with Crippen molar-refractivity contribution in [2.24, 2.45) is 11.8 Å². The van der Waals surface area contributed by atoms with Crippen LogP contribution in [0.1, 0.15) is 46.0 Å². The molecule has 1 saturated carbocycles. The molecule has 0 radical (unpaired) electrons. The van der Waals surface area contributed by atoms with Crippen LogP contribution in [0.15, 0.2) is 12.7 Å². The van der Waals surface area contributed by atoms with E-state index in [4.69, 9.17) is 0 Å². The molecule has 0 bridgehead atoms. The van der Waals surface area contributed by atoms with Crippen LogP contribution in [0.3, 0.4) is 0 Å². The van der Waals surface area contributed by atoms with Crippen LogP contribution < -0.4 is 0 Å². The summed E-state index contributed by atoms with van der Waals surface area (Å²) in [5.41, 5.74) is -0.540. The molecule has 0 heterocycles. The Morgan fingerprint density at radius 1 is 1.38 bits per heavy atom. The summed E-state index contributed by atoms with van der Waals surface area (Å²) in [5, 5.41) is 10.3. The summed E-state index contributed by atoms with van der Waals surface area (Å²) in [6.45, 7) is 7.79. The summed E-state index contributed by atoms with van der Waals surface area (Å²) < 4.78 is 0. The molecule has 1 rings (SSSR count). The number of aliphatic hydroxyl groups is 1. The highest BCUT2D eigenvalue weighted by atomic mass is 16.3. The van der Waals surface area contributed by atoms with Gasteiger partial charge in [-0.05, 0) is 25.7 Å². The van der Waals surface area contributed by atoms with Crippen molar-refractivity contribution < 1.29 is 5.11 Å². The molecule has 0 aromatic carbocycles. The van der Waals surface area contributed by atoms with E-state index in [1.807, 2.05) is 13.0 Å². The SMILES string of the molecule is C=C[C@@H](C)[C@@](C)(O)C1CCCCC1. The Morgan fingerprint density at radius 3 is 2.38 bits per heavy atom. The zero-order chi connectivity index (χ0) is 9.90. The number of rotatable bonds is 3. The minimum Gasteiger partial charge on any atom is -0.389 e. The van der Waals surface area contributed by atoms with Crippen LogP contribution in [0, 0.1) is 11.8 Å². The molecule has 0 aromatic rings. The molecule has 13 heavy (non-hydrogen) atoms. The van der Waals surface area contributed by atoms with Crippen LogP contribution in [0.4, 0.5) is 0 Å². The van der Waals surface area contributed by atoms with Gasteiger partial charge in [0.1, 0.15) is 0 Å². The van der Waals surface area contributed by atoms with Crippen LogP contribution >= 0.6 is 0 Å². The van der Waals surface area contributed by atoms with Crippen molar-refractivity contribution in [3.63, 3.8) is 0 Å². The average molecular weight is 182 g/mol. The smallest absolute Gasteiger partial charge is 0.0707 e. The Labute approximate surface area is 81.9 Å². The van der Waals surface area contributed by atoms with Crippen molar-refractivity contribution in [2.45, 2.75) is 51.6 Å². The van der Waals surface area contributed by atoms with Crippen molar-refractivity contribution in [2.75, 3.05) is 0 Å². The molecule has 0 aliphatic heterocycles. The van der Waals surface area contributed by atoms with Crippen LogP contribution in [0.25, 0.3) is 0 Å². The van der Waals surface area contributed by atoms with Gasteiger partial charge in [0.15, 0.2) is 0 Å². The van der Waals surface area contributed by atoms with Crippen LogP contribution in [-0.2, 0) is 0 Å². The van der Waals surface area contributed by atoms with E-state index in [1.165, 1.54) is 32.1 Å². The van der Waals surface area contributed by atoms with Gasteiger partial charge in [-0.15, -0.1) is 6.58 Å². The Bertz CT molecular complexity index is 166. The number of hydrogen-bond donors (Lipinski definition) is 1. The second-order valence-electron chi connectivity index (χ2n) is 4.59. The van der Waals surface area contributed by atoms with E-state index in [2.05, 4.69) is 13.5 Å². The first kappa shape index (κ1) is 10.8. The fourth-order valence-electron chi connectivity index (χ4n) is 2.30. The highest BCUT2D eigenvalue weighted by Crippen LogP contribution is 2.37. The van der Waals surface area contributed by atoms with Gasteiger partial charge in [-0.2, -0.15) is 0 Å². The highest BCUT2D eigenvalue weighted by Gasteiger charge is 2.35. The van der Waals surface area contributed by atoms with E-state index >= 15 is 0 Å². The third-order valence-corrected chi connectivity index (χ3v) is 3.71. The van der Waals surface area contributed by atoms with E-state index in [0.717, 1.165) is 0 Å². The first-order valence-corrected chi connectivity index (χ1v) is 5.44. The second kappa shape index (κ2) is 4.28. The van der Waals surface area contributed by atoms with Crippen molar-refractivity contribution in [1.82, 2.24) is 0 Å². The Kier molecular flexibility index (Phi) is 3.55. The molecule has 0 amide bonds. The van der Waals surface area contributed by atoms with Crippen molar-refractivity contribution in [1.29, 1.82) is 0 Å². The van der Waals surface area contributed by atoms with Gasteiger partial charge in [0.25, 0.3) is 0 Å². The van der Waals surface area contributed by atoms with Crippen molar-refractivity contribution >= 4 is 0 Å². The molecule has 1 aliphatic rings. The van der Waals surface area contributed by atoms with Gasteiger partial charge in [-0.25, -0.2) is 0 Å². The summed E-state index contributed by atoms with van der Waals surface area (Å²) in [6, 6.07) is 0. The van der Waals surface area contributed by atoms with Gasteiger partial charge in [0.2, 0.25) is 0 Å². The fraction of sp³-hybridized carbons (Fsp3) is 0.833. The van der Waals surface area contributed by atoms with Gasteiger partial charge in [0.05, 0.1) is 5.60 Å². The lowest BCUT2D eigenvalue weighted by atomic mass is 9.72. The van der Waals surface area contributed by atoms with E-state index < -0.39 is 5.60 Å². The van der Waals surface area contributed by atoms with Gasteiger partial charge in [-0.1, -0.05) is 32.3 Å². The van der Waals surface area contributed by atoms with E-state index in [-0.39, 0.29) is 5.92 Å². The molecule has 0 saturated heterocycles. The Hall–Kier alpha value is -0.300. The summed E-state index contributed by atoms with van der Waals surface area (Å²) in [6.07, 6.45) is 8.15. The van der Waals surface area contributed by atoms with Crippen molar-refractivity contribution in [3.8, 4) is 0 Å². The summed E-state index contributed by atoms with van der Waals surface area (Å²) in [7, 11) is 0. The molecule has 1 aliphatic carbocycles. The van der Waals surface area contributed by atoms with E-state index in [0.29, 0.717) is 5.92 Å². The second-order valence-corrected chi connectivity index (χ2v) is 4.59. The molecular weight excluding hydrogens is 160 g/mol. The first-order valence-electron chi connectivity index (χ1n) is 5.44. The van der Waals surface area contributed by atoms with Gasteiger partial charge >= 0.3 is 0 Å². The lowest BCUT2D eigenvalue weighted by molar-refractivity contribution is -0.0455. The van der Waals surface area contributed by atoms with Gasteiger partial charge < -0.3 is 5.11 Å². The maximum atomic E-state index is 10.3. The molecule has 1 fully saturated rings. The quantitative estimate of drug-likeness (QED) is 0.665. The fourth-order valence-corrected chi connectivity index (χ4v) is 2.30. The van der Waals surface area contributed by atoms with Crippen molar-refractivity contribution in [3.05, 3.63) is 12.7 Å². The van der Waals surface area contributed by atoms with Gasteiger partial charge in [0, 0.05) is 5.92 Å².